The molecule has 2 aromatic rings. The lowest BCUT2D eigenvalue weighted by Crippen LogP contribution is -2.47. The van der Waals surface area contributed by atoms with Crippen LogP contribution in [0.5, 0.6) is 0 Å². The van der Waals surface area contributed by atoms with Crippen molar-refractivity contribution in [2.24, 2.45) is 0 Å². The molecule has 5 heteroatoms. The van der Waals surface area contributed by atoms with E-state index in [0.717, 1.165) is 49.1 Å². The summed E-state index contributed by atoms with van der Waals surface area (Å²) >= 11 is 1.76. The van der Waals surface area contributed by atoms with Crippen LogP contribution < -0.4 is 4.90 Å². The first-order valence-electron chi connectivity index (χ1n) is 7.82. The van der Waals surface area contributed by atoms with Crippen LogP contribution in [-0.4, -0.2) is 43.4 Å². The summed E-state index contributed by atoms with van der Waals surface area (Å²) in [4.78, 5) is 5.84. The van der Waals surface area contributed by atoms with Gasteiger partial charge in [0.15, 0.2) is 0 Å². The summed E-state index contributed by atoms with van der Waals surface area (Å²) < 4.78 is 25.8. The van der Waals surface area contributed by atoms with E-state index in [1.54, 1.807) is 11.8 Å². The van der Waals surface area contributed by atoms with Gasteiger partial charge in [-0.2, -0.15) is 0 Å². The number of hydrogen-bond acceptors (Lipinski definition) is 3. The van der Waals surface area contributed by atoms with E-state index in [-0.39, 0.29) is 11.6 Å². The van der Waals surface area contributed by atoms with E-state index in [1.807, 2.05) is 24.3 Å². The van der Waals surface area contributed by atoms with Crippen molar-refractivity contribution < 1.29 is 8.78 Å². The van der Waals surface area contributed by atoms with Crippen LogP contribution in [0.3, 0.4) is 0 Å². The van der Waals surface area contributed by atoms with Gasteiger partial charge in [0.2, 0.25) is 0 Å². The summed E-state index contributed by atoms with van der Waals surface area (Å²) in [7, 11) is 0. The van der Waals surface area contributed by atoms with Crippen LogP contribution in [0.15, 0.2) is 53.4 Å². The lowest BCUT2D eigenvalue weighted by molar-refractivity contribution is 0.273. The molecule has 0 spiro atoms. The molecule has 0 bridgehead atoms. The molecule has 0 radical (unpaired) electrons. The van der Waals surface area contributed by atoms with E-state index in [9.17, 15) is 8.78 Å². The molecule has 3 rings (SSSR count). The van der Waals surface area contributed by atoms with Crippen molar-refractivity contribution in [2.45, 2.75) is 4.90 Å². The highest BCUT2D eigenvalue weighted by atomic mass is 32.2. The molecular weight excluding hydrogens is 314 g/mol. The number of benzene rings is 2. The van der Waals surface area contributed by atoms with Crippen molar-refractivity contribution >= 4 is 17.4 Å². The van der Waals surface area contributed by atoms with Crippen molar-refractivity contribution in [2.75, 3.05) is 43.4 Å². The van der Waals surface area contributed by atoms with E-state index in [4.69, 9.17) is 0 Å². The number of thioether (sulfide) groups is 1. The maximum Gasteiger partial charge on any atom is 0.123 e. The molecule has 0 amide bonds. The van der Waals surface area contributed by atoms with Crippen LogP contribution in [0.1, 0.15) is 0 Å². The average molecular weight is 334 g/mol. The first-order chi connectivity index (χ1) is 11.2. The Morgan fingerprint density at radius 3 is 1.96 bits per heavy atom. The summed E-state index contributed by atoms with van der Waals surface area (Å²) in [6.45, 7) is 4.99. The largest absolute Gasteiger partial charge is 0.369 e. The third-order valence-electron chi connectivity index (χ3n) is 4.05. The van der Waals surface area contributed by atoms with Gasteiger partial charge >= 0.3 is 0 Å². The summed E-state index contributed by atoms with van der Waals surface area (Å²) in [5.74, 6) is 0.624. The molecule has 0 unspecified atom stereocenters. The lowest BCUT2D eigenvalue weighted by Gasteiger charge is -2.36. The fraction of sp³-hybridized carbons (Fsp3) is 0.333. The summed E-state index contributed by atoms with van der Waals surface area (Å²) in [5.41, 5.74) is 1.09. The SMILES string of the molecule is Fc1ccc(SCCN2CCN(c3ccc(F)cc3)CC2)cc1. The molecule has 1 aliphatic heterocycles. The minimum atomic E-state index is -0.190. The zero-order valence-corrected chi connectivity index (χ0v) is 13.7. The Labute approximate surface area is 140 Å². The Bertz CT molecular complexity index is 605. The number of nitrogens with zero attached hydrogens (tertiary/aromatic N) is 2. The number of hydrogen-bond donors (Lipinski definition) is 0. The third kappa shape index (κ3) is 4.69. The van der Waals surface area contributed by atoms with Gasteiger partial charge in [-0.3, -0.25) is 4.90 Å². The van der Waals surface area contributed by atoms with Gasteiger partial charge in [-0.1, -0.05) is 0 Å². The van der Waals surface area contributed by atoms with Crippen molar-refractivity contribution in [3.63, 3.8) is 0 Å². The van der Waals surface area contributed by atoms with Gasteiger partial charge in [0.25, 0.3) is 0 Å². The second-order valence-electron chi connectivity index (χ2n) is 5.61. The fourth-order valence-electron chi connectivity index (χ4n) is 2.71. The van der Waals surface area contributed by atoms with Crippen molar-refractivity contribution in [1.82, 2.24) is 4.90 Å². The van der Waals surface area contributed by atoms with E-state index >= 15 is 0 Å². The summed E-state index contributed by atoms with van der Waals surface area (Å²) in [5, 5.41) is 0. The van der Waals surface area contributed by atoms with Crippen LogP contribution in [0.2, 0.25) is 0 Å². The highest BCUT2D eigenvalue weighted by Crippen LogP contribution is 2.20. The molecular formula is C18H20F2N2S. The normalized spacial score (nSPS) is 15.8. The van der Waals surface area contributed by atoms with Crippen LogP contribution >= 0.6 is 11.8 Å². The minimum absolute atomic E-state index is 0.189. The molecule has 23 heavy (non-hydrogen) atoms. The Kier molecular flexibility index (Phi) is 5.51. The van der Waals surface area contributed by atoms with Crippen LogP contribution in [0.4, 0.5) is 14.5 Å². The topological polar surface area (TPSA) is 6.48 Å². The maximum atomic E-state index is 13.0. The first-order valence-corrected chi connectivity index (χ1v) is 8.80. The number of piperazine rings is 1. The van der Waals surface area contributed by atoms with E-state index < -0.39 is 0 Å². The van der Waals surface area contributed by atoms with E-state index in [0.29, 0.717) is 0 Å². The Hall–Kier alpha value is -1.59. The summed E-state index contributed by atoms with van der Waals surface area (Å²) in [6.07, 6.45) is 0. The predicted molar refractivity (Wildman–Crippen MR) is 92.2 cm³/mol. The molecule has 0 aromatic heterocycles. The molecule has 1 aliphatic rings. The Balaban J connectivity index is 1.40. The van der Waals surface area contributed by atoms with Gasteiger partial charge in [-0.25, -0.2) is 8.78 Å². The number of halogens is 2. The molecule has 1 heterocycles. The quantitative estimate of drug-likeness (QED) is 0.766. The van der Waals surface area contributed by atoms with E-state index in [2.05, 4.69) is 9.80 Å². The molecule has 2 nitrogen and oxygen atoms in total. The summed E-state index contributed by atoms with van der Waals surface area (Å²) in [6, 6.07) is 13.4. The fourth-order valence-corrected chi connectivity index (χ4v) is 3.62. The molecule has 122 valence electrons. The second kappa shape index (κ2) is 7.79. The number of rotatable bonds is 5. The number of anilines is 1. The Morgan fingerprint density at radius 2 is 1.35 bits per heavy atom. The lowest BCUT2D eigenvalue weighted by atomic mass is 10.2. The monoisotopic (exact) mass is 334 g/mol. The standard InChI is InChI=1S/C18H20F2N2S/c19-15-1-5-17(6-2-15)22-11-9-21(10-12-22)13-14-23-18-7-3-16(20)4-8-18/h1-8H,9-14H2. The molecule has 0 saturated carbocycles. The molecule has 0 atom stereocenters. The van der Waals surface area contributed by atoms with Gasteiger partial charge in [0.1, 0.15) is 11.6 Å². The zero-order chi connectivity index (χ0) is 16.1. The van der Waals surface area contributed by atoms with Gasteiger partial charge < -0.3 is 4.90 Å². The molecule has 2 aromatic carbocycles. The second-order valence-corrected chi connectivity index (χ2v) is 6.78. The van der Waals surface area contributed by atoms with Crippen LogP contribution in [-0.2, 0) is 0 Å². The van der Waals surface area contributed by atoms with Gasteiger partial charge in [-0.05, 0) is 48.5 Å². The van der Waals surface area contributed by atoms with Gasteiger partial charge in [-0.15, -0.1) is 11.8 Å². The van der Waals surface area contributed by atoms with Gasteiger partial charge in [0, 0.05) is 49.1 Å². The third-order valence-corrected chi connectivity index (χ3v) is 5.05. The molecule has 1 saturated heterocycles. The highest BCUT2D eigenvalue weighted by molar-refractivity contribution is 7.99. The van der Waals surface area contributed by atoms with E-state index in [1.165, 1.54) is 24.3 Å². The van der Waals surface area contributed by atoms with Crippen LogP contribution in [0.25, 0.3) is 0 Å². The molecule has 1 fully saturated rings. The molecule has 0 aliphatic carbocycles. The van der Waals surface area contributed by atoms with Crippen LogP contribution in [0, 0.1) is 11.6 Å². The minimum Gasteiger partial charge on any atom is -0.369 e. The highest BCUT2D eigenvalue weighted by Gasteiger charge is 2.16. The van der Waals surface area contributed by atoms with Gasteiger partial charge in [0.05, 0.1) is 0 Å². The van der Waals surface area contributed by atoms with Crippen molar-refractivity contribution in [3.05, 3.63) is 60.2 Å². The smallest absolute Gasteiger partial charge is 0.123 e. The Morgan fingerprint density at radius 1 is 0.783 bits per heavy atom. The zero-order valence-electron chi connectivity index (χ0n) is 12.9. The molecule has 0 N–H and O–H groups in total. The maximum absolute atomic E-state index is 13.0. The van der Waals surface area contributed by atoms with Crippen molar-refractivity contribution in [1.29, 1.82) is 0 Å². The van der Waals surface area contributed by atoms with Crippen molar-refractivity contribution in [3.8, 4) is 0 Å². The first kappa shape index (κ1) is 16.3. The predicted octanol–water partition coefficient (Wildman–Crippen LogP) is 3.88. The average Bonchev–Trinajstić information content (AvgIpc) is 2.58.